The molecule has 0 aromatic heterocycles. The van der Waals surface area contributed by atoms with Crippen LogP contribution in [0.25, 0.3) is 0 Å². The highest BCUT2D eigenvalue weighted by Gasteiger charge is 2.15. The fourth-order valence-electron chi connectivity index (χ4n) is 1.86. The van der Waals surface area contributed by atoms with E-state index in [0.29, 0.717) is 23.5 Å². The molecule has 0 aliphatic carbocycles. The quantitative estimate of drug-likeness (QED) is 0.572. The number of halogens is 1. The van der Waals surface area contributed by atoms with Gasteiger partial charge in [0.15, 0.2) is 5.78 Å². The van der Waals surface area contributed by atoms with Crippen molar-refractivity contribution in [1.82, 2.24) is 0 Å². The largest absolute Gasteiger partial charge is 0.493 e. The van der Waals surface area contributed by atoms with Gasteiger partial charge in [0.1, 0.15) is 5.75 Å². The molecule has 20 heavy (non-hydrogen) atoms. The number of ketones is 1. The van der Waals surface area contributed by atoms with Crippen molar-refractivity contribution in [1.29, 1.82) is 0 Å². The number of hydrogen-bond donors (Lipinski definition) is 0. The van der Waals surface area contributed by atoms with Gasteiger partial charge in [0.25, 0.3) is 0 Å². The van der Waals surface area contributed by atoms with E-state index in [1.807, 2.05) is 49.6 Å². The summed E-state index contributed by atoms with van der Waals surface area (Å²) in [5, 5.41) is 0. The molecule has 0 N–H and O–H groups in total. The zero-order valence-corrected chi connectivity index (χ0v) is 13.8. The summed E-state index contributed by atoms with van der Waals surface area (Å²) in [5.74, 6) is 0.594. The molecule has 0 aliphatic rings. The monoisotopic (exact) mass is 350 g/mol. The van der Waals surface area contributed by atoms with Crippen molar-refractivity contribution in [2.45, 2.75) is 11.8 Å². The zero-order chi connectivity index (χ0) is 14.5. The maximum atomic E-state index is 12.6. The van der Waals surface area contributed by atoms with Gasteiger partial charge in [0, 0.05) is 14.9 Å². The Hall–Kier alpha value is -1.26. The molecule has 0 saturated carbocycles. The number of hydrogen-bond acceptors (Lipinski definition) is 3. The van der Waals surface area contributed by atoms with Crippen molar-refractivity contribution in [3.05, 3.63) is 58.1 Å². The van der Waals surface area contributed by atoms with E-state index in [0.717, 1.165) is 9.37 Å². The van der Waals surface area contributed by atoms with E-state index in [9.17, 15) is 4.79 Å². The standard InChI is InChI=1S/C16H15BrO2S/c1-3-19-15-9-6-12(17)10-14(15)16(18)11-4-7-13(20-2)8-5-11/h4-10H,3H2,1-2H3. The van der Waals surface area contributed by atoms with Crippen LogP contribution in [0.3, 0.4) is 0 Å². The predicted molar refractivity (Wildman–Crippen MR) is 87.0 cm³/mol. The van der Waals surface area contributed by atoms with Crippen molar-refractivity contribution in [2.75, 3.05) is 12.9 Å². The zero-order valence-electron chi connectivity index (χ0n) is 11.4. The Kier molecular flexibility index (Phi) is 5.26. The van der Waals surface area contributed by atoms with E-state index in [1.54, 1.807) is 17.8 Å². The maximum Gasteiger partial charge on any atom is 0.196 e. The average molecular weight is 351 g/mol. The van der Waals surface area contributed by atoms with Crippen molar-refractivity contribution in [3.63, 3.8) is 0 Å². The van der Waals surface area contributed by atoms with Gasteiger partial charge in [0.2, 0.25) is 0 Å². The predicted octanol–water partition coefficient (Wildman–Crippen LogP) is 4.80. The highest BCUT2D eigenvalue weighted by atomic mass is 79.9. The molecule has 0 heterocycles. The van der Waals surface area contributed by atoms with Crippen LogP contribution in [0.2, 0.25) is 0 Å². The van der Waals surface area contributed by atoms with Gasteiger partial charge in [-0.2, -0.15) is 0 Å². The molecule has 2 nitrogen and oxygen atoms in total. The van der Waals surface area contributed by atoms with Crippen LogP contribution >= 0.6 is 27.7 Å². The van der Waals surface area contributed by atoms with Gasteiger partial charge in [0.05, 0.1) is 12.2 Å². The first-order valence-corrected chi connectivity index (χ1v) is 8.28. The van der Waals surface area contributed by atoms with Gasteiger partial charge >= 0.3 is 0 Å². The topological polar surface area (TPSA) is 26.3 Å². The van der Waals surface area contributed by atoms with Gasteiger partial charge in [-0.15, -0.1) is 11.8 Å². The Morgan fingerprint density at radius 2 is 1.90 bits per heavy atom. The highest BCUT2D eigenvalue weighted by Crippen LogP contribution is 2.26. The Morgan fingerprint density at radius 1 is 1.20 bits per heavy atom. The lowest BCUT2D eigenvalue weighted by Gasteiger charge is -2.10. The molecule has 0 radical (unpaired) electrons. The molecule has 0 saturated heterocycles. The minimum atomic E-state index is -0.0256. The molecule has 0 bridgehead atoms. The molecule has 0 spiro atoms. The van der Waals surface area contributed by atoms with Crippen LogP contribution in [0.5, 0.6) is 5.75 Å². The van der Waals surface area contributed by atoms with Gasteiger partial charge < -0.3 is 4.74 Å². The first kappa shape index (κ1) is 15.1. The number of rotatable bonds is 5. The van der Waals surface area contributed by atoms with E-state index in [-0.39, 0.29) is 5.78 Å². The molecule has 4 heteroatoms. The summed E-state index contributed by atoms with van der Waals surface area (Å²) >= 11 is 5.06. The fraction of sp³-hybridized carbons (Fsp3) is 0.188. The van der Waals surface area contributed by atoms with Gasteiger partial charge in [-0.25, -0.2) is 0 Å². The molecular formula is C16H15BrO2S. The van der Waals surface area contributed by atoms with Crippen molar-refractivity contribution in [3.8, 4) is 5.75 Å². The smallest absolute Gasteiger partial charge is 0.196 e. The third-order valence-electron chi connectivity index (χ3n) is 2.84. The molecule has 0 fully saturated rings. The second-order valence-electron chi connectivity index (χ2n) is 4.13. The maximum absolute atomic E-state index is 12.6. The number of ether oxygens (including phenoxy) is 1. The summed E-state index contributed by atoms with van der Waals surface area (Å²) in [6.07, 6.45) is 2.01. The van der Waals surface area contributed by atoms with E-state index < -0.39 is 0 Å². The third-order valence-corrected chi connectivity index (χ3v) is 4.08. The Labute approximate surface area is 131 Å². The Balaban J connectivity index is 2.38. The summed E-state index contributed by atoms with van der Waals surface area (Å²) in [7, 11) is 0. The van der Waals surface area contributed by atoms with Crippen LogP contribution in [-0.2, 0) is 0 Å². The highest BCUT2D eigenvalue weighted by molar-refractivity contribution is 9.10. The molecule has 2 aromatic carbocycles. The van der Waals surface area contributed by atoms with Gasteiger partial charge in [-0.05, 0) is 55.6 Å². The van der Waals surface area contributed by atoms with Crippen LogP contribution in [0, 0.1) is 0 Å². The van der Waals surface area contributed by atoms with Crippen LogP contribution in [-0.4, -0.2) is 18.6 Å². The first-order chi connectivity index (χ1) is 9.65. The van der Waals surface area contributed by atoms with Crippen LogP contribution < -0.4 is 4.74 Å². The van der Waals surface area contributed by atoms with Crippen molar-refractivity contribution < 1.29 is 9.53 Å². The number of carbonyl (C=O) groups is 1. The lowest BCUT2D eigenvalue weighted by molar-refractivity contribution is 0.103. The second kappa shape index (κ2) is 6.95. The molecule has 104 valence electrons. The van der Waals surface area contributed by atoms with Crippen molar-refractivity contribution >= 4 is 33.5 Å². The average Bonchev–Trinajstić information content (AvgIpc) is 2.48. The Morgan fingerprint density at radius 3 is 2.50 bits per heavy atom. The molecule has 0 unspecified atom stereocenters. The van der Waals surface area contributed by atoms with E-state index in [4.69, 9.17) is 4.74 Å². The van der Waals surface area contributed by atoms with Gasteiger partial charge in [-0.1, -0.05) is 15.9 Å². The van der Waals surface area contributed by atoms with Crippen molar-refractivity contribution in [2.24, 2.45) is 0 Å². The third kappa shape index (κ3) is 3.44. The molecular weight excluding hydrogens is 336 g/mol. The molecule has 2 aromatic rings. The lowest BCUT2D eigenvalue weighted by Crippen LogP contribution is -2.05. The fourth-order valence-corrected chi connectivity index (χ4v) is 2.63. The minimum Gasteiger partial charge on any atom is -0.493 e. The van der Waals surface area contributed by atoms with E-state index >= 15 is 0 Å². The second-order valence-corrected chi connectivity index (χ2v) is 5.93. The summed E-state index contributed by atoms with van der Waals surface area (Å²) in [6, 6.07) is 13.1. The lowest BCUT2D eigenvalue weighted by atomic mass is 10.0. The summed E-state index contributed by atoms with van der Waals surface area (Å²) < 4.78 is 6.40. The Bertz CT molecular complexity index is 608. The molecule has 0 aliphatic heterocycles. The number of carbonyl (C=O) groups excluding carboxylic acids is 1. The normalized spacial score (nSPS) is 10.3. The SMILES string of the molecule is CCOc1ccc(Br)cc1C(=O)c1ccc(SC)cc1. The summed E-state index contributed by atoms with van der Waals surface area (Å²) in [6.45, 7) is 2.44. The summed E-state index contributed by atoms with van der Waals surface area (Å²) in [4.78, 5) is 13.7. The number of benzene rings is 2. The van der Waals surface area contributed by atoms with E-state index in [2.05, 4.69) is 15.9 Å². The molecule has 2 rings (SSSR count). The minimum absolute atomic E-state index is 0.0256. The molecule has 0 amide bonds. The number of thioether (sulfide) groups is 1. The van der Waals surface area contributed by atoms with Crippen LogP contribution in [0.15, 0.2) is 51.8 Å². The first-order valence-electron chi connectivity index (χ1n) is 6.26. The van der Waals surface area contributed by atoms with Crippen LogP contribution in [0.1, 0.15) is 22.8 Å². The van der Waals surface area contributed by atoms with E-state index in [1.165, 1.54) is 0 Å². The summed E-state index contributed by atoms with van der Waals surface area (Å²) in [5.41, 5.74) is 1.25. The van der Waals surface area contributed by atoms with Gasteiger partial charge in [-0.3, -0.25) is 4.79 Å². The molecule has 0 atom stereocenters. The van der Waals surface area contributed by atoms with Crippen LogP contribution in [0.4, 0.5) is 0 Å².